The summed E-state index contributed by atoms with van der Waals surface area (Å²) in [7, 11) is -3.50. The van der Waals surface area contributed by atoms with Gasteiger partial charge in [-0.3, -0.25) is 14.4 Å². The Labute approximate surface area is 441 Å². The minimum atomic E-state index is -3.50. The van der Waals surface area contributed by atoms with Gasteiger partial charge in [0.1, 0.15) is 34.6 Å². The number of fused-ring (bicyclic) bond motifs is 10. The van der Waals surface area contributed by atoms with Gasteiger partial charge in [-0.25, -0.2) is 40.9 Å². The fourth-order valence-corrected chi connectivity index (χ4v) is 13.9. The Kier molecular flexibility index (Phi) is 11.6. The first-order chi connectivity index (χ1) is 36.8. The Balaban J connectivity index is 0.000000155. The molecule has 13 rings (SSSR count). The minimum Gasteiger partial charge on any atom is -0.376 e. The van der Waals surface area contributed by atoms with Gasteiger partial charge in [0, 0.05) is 29.7 Å². The second kappa shape index (κ2) is 17.8. The lowest BCUT2D eigenvalue weighted by Gasteiger charge is -2.39. The van der Waals surface area contributed by atoms with Crippen LogP contribution in [0.25, 0.3) is 45.2 Å². The molecule has 8 aromatic rings. The van der Waals surface area contributed by atoms with E-state index in [0.717, 1.165) is 77.1 Å². The lowest BCUT2D eigenvalue weighted by molar-refractivity contribution is -0.104. The zero-order valence-electron chi connectivity index (χ0n) is 42.6. The maximum atomic E-state index is 14.6. The second-order valence-corrected chi connectivity index (χ2v) is 23.6. The number of anilines is 1. The van der Waals surface area contributed by atoms with Crippen molar-refractivity contribution in [1.29, 1.82) is 5.26 Å². The van der Waals surface area contributed by atoms with E-state index in [1.165, 1.54) is 42.6 Å². The molecule has 77 heavy (non-hydrogen) atoms. The molecule has 0 radical (unpaired) electrons. The summed E-state index contributed by atoms with van der Waals surface area (Å²) in [4.78, 5) is 18.6. The Bertz CT molecular complexity index is 3840. The number of nitrogens with zero attached hydrogens (tertiary/aromatic N) is 11. The highest BCUT2D eigenvalue weighted by Crippen LogP contribution is 2.71. The molecule has 4 aliphatic carbocycles. The number of nitriles is 1. The van der Waals surface area contributed by atoms with Crippen molar-refractivity contribution < 1.29 is 30.7 Å². The Morgan fingerprint density at radius 1 is 0.688 bits per heavy atom. The molecule has 15 nitrogen and oxygen atoms in total. The standard InChI is InChI=1S/C30H26F2N6O.C27H24F2N6O2S/c1-28(2)20-9-10-30(28,27-19(20)13-24(36-37-27)26-21(31)5-3-6-22(26)32)25-8-4-7-23(35-25)18-14-34-38(15-18)29(11-12-33)16-39-17-29;1-26(2)17-7-10-27(26,24-16(17)14-20(33-34-24)23-18(28)5-4-6-19(23)29)21-9-12-31-25(32-21)15-8-11-30-22(13-15)35-38(3,36)37/h3-8,13-15,20H,9-11,16-17H2,1-2H3;4-6,8-9,11-14,17H,7,10H2,1-3H3,(H,30,35)/t20-,30-;17-,27-/m00/s1. The highest BCUT2D eigenvalue weighted by Gasteiger charge is 2.66. The van der Waals surface area contributed by atoms with Crippen molar-refractivity contribution >= 4 is 15.8 Å². The molecule has 2 aromatic carbocycles. The lowest BCUT2D eigenvalue weighted by Crippen LogP contribution is -2.51. The molecule has 1 aliphatic heterocycles. The molecule has 6 aromatic heterocycles. The third-order valence-corrected chi connectivity index (χ3v) is 17.9. The van der Waals surface area contributed by atoms with Crippen LogP contribution in [0.3, 0.4) is 0 Å². The summed E-state index contributed by atoms with van der Waals surface area (Å²) >= 11 is 0. The summed E-state index contributed by atoms with van der Waals surface area (Å²) in [6.07, 6.45) is 11.7. The summed E-state index contributed by atoms with van der Waals surface area (Å²) in [5, 5.41) is 31.7. The van der Waals surface area contributed by atoms with Crippen LogP contribution in [0.4, 0.5) is 23.4 Å². The molecule has 1 N–H and O–H groups in total. The lowest BCUT2D eigenvalue weighted by atomic mass is 9.66. The van der Waals surface area contributed by atoms with Crippen LogP contribution < -0.4 is 4.72 Å². The van der Waals surface area contributed by atoms with Crippen molar-refractivity contribution in [2.75, 3.05) is 24.2 Å². The predicted molar refractivity (Wildman–Crippen MR) is 276 cm³/mol. The number of rotatable bonds is 10. The number of hydrogen-bond donors (Lipinski definition) is 1. The highest BCUT2D eigenvalue weighted by atomic mass is 32.2. The van der Waals surface area contributed by atoms with Crippen LogP contribution >= 0.6 is 0 Å². The maximum Gasteiger partial charge on any atom is 0.230 e. The first-order valence-electron chi connectivity index (χ1n) is 25.2. The number of benzene rings is 2. The zero-order valence-corrected chi connectivity index (χ0v) is 43.4. The van der Waals surface area contributed by atoms with Gasteiger partial charge in [0.15, 0.2) is 5.82 Å². The van der Waals surface area contributed by atoms with E-state index < -0.39 is 49.7 Å². The van der Waals surface area contributed by atoms with Crippen molar-refractivity contribution in [3.63, 3.8) is 0 Å². The van der Waals surface area contributed by atoms with Crippen LogP contribution in [-0.4, -0.2) is 78.0 Å². The summed E-state index contributed by atoms with van der Waals surface area (Å²) in [6, 6.07) is 24.6. The van der Waals surface area contributed by atoms with Gasteiger partial charge < -0.3 is 4.74 Å². The molecule has 390 valence electrons. The summed E-state index contributed by atoms with van der Waals surface area (Å²) < 4.78 is 91.1. The molecular weight excluding hydrogens is 1010 g/mol. The van der Waals surface area contributed by atoms with Crippen molar-refractivity contribution in [3.05, 3.63) is 167 Å². The molecule has 1 saturated heterocycles. The summed E-state index contributed by atoms with van der Waals surface area (Å²) in [5.41, 5.74) is 5.45. The molecule has 7 heterocycles. The number of halogens is 4. The fraction of sp³-hybridized carbons (Fsp3) is 0.333. The molecule has 2 saturated carbocycles. The molecule has 4 bridgehead atoms. The van der Waals surface area contributed by atoms with Crippen molar-refractivity contribution in [2.24, 2.45) is 10.8 Å². The Morgan fingerprint density at radius 3 is 1.77 bits per heavy atom. The molecular formula is C57H50F4N12O3S. The van der Waals surface area contributed by atoms with Crippen molar-refractivity contribution in [1.82, 2.24) is 50.1 Å². The van der Waals surface area contributed by atoms with E-state index in [9.17, 15) is 31.2 Å². The highest BCUT2D eigenvalue weighted by molar-refractivity contribution is 7.92. The Morgan fingerprint density at radius 2 is 1.23 bits per heavy atom. The number of sulfonamides is 1. The quantitative estimate of drug-likeness (QED) is 0.127. The van der Waals surface area contributed by atoms with E-state index in [1.54, 1.807) is 30.6 Å². The van der Waals surface area contributed by atoms with E-state index in [1.807, 2.05) is 41.2 Å². The van der Waals surface area contributed by atoms with Gasteiger partial charge in [-0.1, -0.05) is 45.9 Å². The van der Waals surface area contributed by atoms with Gasteiger partial charge in [-0.15, -0.1) is 10.2 Å². The van der Waals surface area contributed by atoms with Gasteiger partial charge in [-0.2, -0.15) is 20.6 Å². The first kappa shape index (κ1) is 50.0. The third-order valence-electron chi connectivity index (χ3n) is 17.3. The SMILES string of the molecule is CC1(C)[C@H]2CC[C@]1(c1cccc(-c3cnn(C4(CC#N)COC4)c3)n1)c1nnc(-c3c(F)cccc3F)cc12.CC1(C)[C@H]2CC[C@]1(c1ccnc(-c3ccnc(NS(C)(=O)=O)c3)n1)c1nnc(-c3c(F)cccc3F)cc12. The van der Waals surface area contributed by atoms with Crippen LogP contribution in [0.15, 0.2) is 110 Å². The van der Waals surface area contributed by atoms with Crippen LogP contribution in [0.1, 0.15) is 106 Å². The molecule has 0 unspecified atom stereocenters. The van der Waals surface area contributed by atoms with E-state index in [-0.39, 0.29) is 51.0 Å². The van der Waals surface area contributed by atoms with Gasteiger partial charge in [0.2, 0.25) is 10.0 Å². The van der Waals surface area contributed by atoms with Crippen molar-refractivity contribution in [3.8, 4) is 51.2 Å². The first-order valence-corrected chi connectivity index (χ1v) is 27.1. The number of pyridine rings is 2. The normalized spacial score (nSPS) is 22.5. The van der Waals surface area contributed by atoms with Crippen LogP contribution in [0.2, 0.25) is 0 Å². The molecule has 20 heteroatoms. The fourth-order valence-electron chi connectivity index (χ4n) is 13.4. The van der Waals surface area contributed by atoms with Crippen molar-refractivity contribution in [2.45, 2.75) is 88.0 Å². The monoisotopic (exact) mass is 1060 g/mol. The van der Waals surface area contributed by atoms with Gasteiger partial charge in [-0.05, 0) is 126 Å². The molecule has 3 fully saturated rings. The van der Waals surface area contributed by atoms with E-state index in [0.29, 0.717) is 31.0 Å². The summed E-state index contributed by atoms with van der Waals surface area (Å²) in [5.74, 6) is -1.81. The van der Waals surface area contributed by atoms with E-state index >= 15 is 0 Å². The van der Waals surface area contributed by atoms with Gasteiger partial charge >= 0.3 is 0 Å². The summed E-state index contributed by atoms with van der Waals surface area (Å²) in [6.45, 7) is 9.70. The number of nitrogens with one attached hydrogen (secondary N) is 1. The Hall–Kier alpha value is -7.89. The van der Waals surface area contributed by atoms with Crippen LogP contribution in [-0.2, 0) is 31.1 Å². The average molecular weight is 1060 g/mol. The van der Waals surface area contributed by atoms with Gasteiger partial charge in [0.05, 0.1) is 100.0 Å². The molecule has 5 aliphatic rings. The molecule has 0 amide bonds. The number of aromatic nitrogens is 10. The smallest absolute Gasteiger partial charge is 0.230 e. The molecule has 0 spiro atoms. The minimum absolute atomic E-state index is 0.103. The zero-order chi connectivity index (χ0) is 53.9. The maximum absolute atomic E-state index is 14.6. The third kappa shape index (κ3) is 7.58. The van der Waals surface area contributed by atoms with E-state index in [2.05, 4.69) is 73.9 Å². The molecule has 4 atom stereocenters. The second-order valence-electron chi connectivity index (χ2n) is 21.9. The largest absolute Gasteiger partial charge is 0.376 e. The van der Waals surface area contributed by atoms with E-state index in [4.69, 9.17) is 14.7 Å². The van der Waals surface area contributed by atoms with Crippen LogP contribution in [0.5, 0.6) is 0 Å². The topological polar surface area (TPSA) is 200 Å². The van der Waals surface area contributed by atoms with Crippen LogP contribution in [0, 0.1) is 45.4 Å². The average Bonchev–Trinajstić information content (AvgIpc) is 3.24. The predicted octanol–water partition coefficient (Wildman–Crippen LogP) is 10.4. The number of ether oxygens (including phenoxy) is 1. The number of hydrogen-bond acceptors (Lipinski definition) is 13. The van der Waals surface area contributed by atoms with Gasteiger partial charge in [0.25, 0.3) is 0 Å².